The maximum Gasteiger partial charge on any atom is 0.246 e. The molecule has 0 saturated carbocycles. The third-order valence-corrected chi connectivity index (χ3v) is 3.49. The Morgan fingerprint density at radius 2 is 2.25 bits per heavy atom. The molecule has 0 aromatic carbocycles. The molecule has 1 aromatic heterocycles. The Balaban J connectivity index is 1.91. The van der Waals surface area contributed by atoms with E-state index in [1.54, 1.807) is 29.2 Å². The summed E-state index contributed by atoms with van der Waals surface area (Å²) in [5, 5.41) is 9.51. The third kappa shape index (κ3) is 2.51. The van der Waals surface area contributed by atoms with Gasteiger partial charge in [0, 0.05) is 15.8 Å². The summed E-state index contributed by atoms with van der Waals surface area (Å²) in [7, 11) is 0. The summed E-state index contributed by atoms with van der Waals surface area (Å²) in [6.07, 6.45) is 3.40. The fourth-order valence-electron chi connectivity index (χ4n) is 1.73. The smallest absolute Gasteiger partial charge is 0.246 e. The molecule has 4 heteroatoms. The van der Waals surface area contributed by atoms with E-state index in [0.717, 1.165) is 4.88 Å². The van der Waals surface area contributed by atoms with E-state index in [9.17, 15) is 9.90 Å². The maximum absolute atomic E-state index is 11.6. The molecule has 86 valence electrons. The molecule has 2 rings (SSSR count). The summed E-state index contributed by atoms with van der Waals surface area (Å²) < 4.78 is 0. The van der Waals surface area contributed by atoms with Gasteiger partial charge in [-0.2, -0.15) is 0 Å². The van der Waals surface area contributed by atoms with Crippen LogP contribution in [0.4, 0.5) is 0 Å². The van der Waals surface area contributed by atoms with Crippen molar-refractivity contribution in [2.45, 2.75) is 19.4 Å². The van der Waals surface area contributed by atoms with E-state index >= 15 is 0 Å². The number of hydrogen-bond acceptors (Lipinski definition) is 3. The molecule has 1 aliphatic rings. The first-order chi connectivity index (χ1) is 7.46. The molecule has 16 heavy (non-hydrogen) atoms. The van der Waals surface area contributed by atoms with E-state index in [0.29, 0.717) is 13.1 Å². The van der Waals surface area contributed by atoms with Crippen LogP contribution < -0.4 is 0 Å². The zero-order chi connectivity index (χ0) is 11.8. The monoisotopic (exact) mass is 237 g/mol. The lowest BCUT2D eigenvalue weighted by Crippen LogP contribution is -2.61. The van der Waals surface area contributed by atoms with Gasteiger partial charge in [0.2, 0.25) is 5.91 Å². The molecule has 1 fully saturated rings. The third-order valence-electron chi connectivity index (χ3n) is 2.53. The molecule has 2 heterocycles. The van der Waals surface area contributed by atoms with Crippen LogP contribution in [-0.2, 0) is 4.79 Å². The van der Waals surface area contributed by atoms with Crippen molar-refractivity contribution in [1.82, 2.24) is 4.90 Å². The molecule has 0 bridgehead atoms. The highest BCUT2D eigenvalue weighted by molar-refractivity contribution is 7.12. The summed E-state index contributed by atoms with van der Waals surface area (Å²) >= 11 is 1.66. The topological polar surface area (TPSA) is 40.5 Å². The zero-order valence-electron chi connectivity index (χ0n) is 9.43. The second-order valence-electron chi connectivity index (χ2n) is 4.47. The van der Waals surface area contributed by atoms with Gasteiger partial charge < -0.3 is 10.0 Å². The highest BCUT2D eigenvalue weighted by Gasteiger charge is 2.38. The van der Waals surface area contributed by atoms with Crippen LogP contribution in [0.1, 0.15) is 16.7 Å². The van der Waals surface area contributed by atoms with Crippen molar-refractivity contribution >= 4 is 23.3 Å². The summed E-state index contributed by atoms with van der Waals surface area (Å²) in [6.45, 7) is 4.64. The summed E-state index contributed by atoms with van der Waals surface area (Å²) in [6, 6.07) is 4.03. The summed E-state index contributed by atoms with van der Waals surface area (Å²) in [5.41, 5.74) is -0.691. The first kappa shape index (κ1) is 11.4. The van der Waals surface area contributed by atoms with Crippen LogP contribution in [0.3, 0.4) is 0 Å². The van der Waals surface area contributed by atoms with Gasteiger partial charge in [0.15, 0.2) is 0 Å². The van der Waals surface area contributed by atoms with E-state index in [1.807, 2.05) is 25.1 Å². The summed E-state index contributed by atoms with van der Waals surface area (Å²) in [5.74, 6) is -0.0300. The van der Waals surface area contributed by atoms with Gasteiger partial charge in [0.1, 0.15) is 0 Å². The second-order valence-corrected chi connectivity index (χ2v) is 5.79. The molecule has 1 N–H and O–H groups in total. The fraction of sp³-hybridized carbons (Fsp3) is 0.417. The molecule has 0 aliphatic carbocycles. The van der Waals surface area contributed by atoms with Crippen molar-refractivity contribution < 1.29 is 9.90 Å². The molecule has 1 amide bonds. The Morgan fingerprint density at radius 3 is 2.75 bits per heavy atom. The molecule has 0 spiro atoms. The van der Waals surface area contributed by atoms with E-state index in [4.69, 9.17) is 0 Å². The lowest BCUT2D eigenvalue weighted by molar-refractivity contribution is -0.146. The minimum atomic E-state index is -0.691. The molecular weight excluding hydrogens is 222 g/mol. The van der Waals surface area contributed by atoms with Crippen molar-refractivity contribution in [2.24, 2.45) is 0 Å². The molecule has 1 aromatic rings. The number of thiophene rings is 1. The quantitative estimate of drug-likeness (QED) is 0.795. The Kier molecular flexibility index (Phi) is 2.86. The van der Waals surface area contributed by atoms with Crippen molar-refractivity contribution in [3.63, 3.8) is 0 Å². The van der Waals surface area contributed by atoms with Gasteiger partial charge in [0.25, 0.3) is 0 Å². The normalized spacial score (nSPS) is 18.8. The lowest BCUT2D eigenvalue weighted by atomic mass is 9.97. The predicted octanol–water partition coefficient (Wildman–Crippen LogP) is 1.66. The molecule has 0 radical (unpaired) electrons. The van der Waals surface area contributed by atoms with E-state index < -0.39 is 5.60 Å². The number of hydrogen-bond donors (Lipinski definition) is 1. The Hall–Kier alpha value is -1.13. The standard InChI is InChI=1S/C12H15NO2S/c1-9-3-4-10(16-9)5-6-11(14)13-7-12(2,15)8-13/h3-6,15H,7-8H2,1-2H3. The molecule has 3 nitrogen and oxygen atoms in total. The summed E-state index contributed by atoms with van der Waals surface area (Å²) in [4.78, 5) is 15.6. The van der Waals surface area contributed by atoms with Gasteiger partial charge in [0.05, 0.1) is 18.7 Å². The van der Waals surface area contributed by atoms with Crippen molar-refractivity contribution in [3.05, 3.63) is 28.0 Å². The average Bonchev–Trinajstić information content (AvgIpc) is 2.57. The molecular formula is C12H15NO2S. The fourth-order valence-corrected chi connectivity index (χ4v) is 2.51. The molecule has 1 aliphatic heterocycles. The second kappa shape index (κ2) is 4.03. The van der Waals surface area contributed by atoms with Crippen molar-refractivity contribution in [1.29, 1.82) is 0 Å². The molecule has 1 saturated heterocycles. The first-order valence-electron chi connectivity index (χ1n) is 5.22. The van der Waals surface area contributed by atoms with Crippen LogP contribution in [0.5, 0.6) is 0 Å². The van der Waals surface area contributed by atoms with Crippen LogP contribution in [0.2, 0.25) is 0 Å². The minimum Gasteiger partial charge on any atom is -0.386 e. The van der Waals surface area contributed by atoms with Gasteiger partial charge in [-0.05, 0) is 32.1 Å². The van der Waals surface area contributed by atoms with E-state index in [2.05, 4.69) is 0 Å². The number of nitrogens with zero attached hydrogens (tertiary/aromatic N) is 1. The minimum absolute atomic E-state index is 0.0300. The van der Waals surface area contributed by atoms with Gasteiger partial charge >= 0.3 is 0 Å². The zero-order valence-corrected chi connectivity index (χ0v) is 10.3. The number of amides is 1. The number of likely N-dealkylation sites (tertiary alicyclic amines) is 1. The SMILES string of the molecule is Cc1ccc(C=CC(=O)N2CC(C)(O)C2)s1. The number of aryl methyl sites for hydroxylation is 1. The molecule has 0 unspecified atom stereocenters. The van der Waals surface area contributed by atoms with Gasteiger partial charge in [-0.3, -0.25) is 4.79 Å². The number of rotatable bonds is 2. The maximum atomic E-state index is 11.6. The molecule has 0 atom stereocenters. The number of aliphatic hydroxyl groups is 1. The first-order valence-corrected chi connectivity index (χ1v) is 6.04. The Labute approximate surface area is 99.0 Å². The Bertz CT molecular complexity index is 426. The number of carbonyl (C=O) groups is 1. The van der Waals surface area contributed by atoms with E-state index in [1.165, 1.54) is 4.88 Å². The van der Waals surface area contributed by atoms with Crippen LogP contribution in [-0.4, -0.2) is 34.6 Å². The van der Waals surface area contributed by atoms with Gasteiger partial charge in [-0.1, -0.05) is 0 Å². The Morgan fingerprint density at radius 1 is 1.56 bits per heavy atom. The van der Waals surface area contributed by atoms with Crippen molar-refractivity contribution in [2.75, 3.05) is 13.1 Å². The average molecular weight is 237 g/mol. The van der Waals surface area contributed by atoms with Gasteiger partial charge in [-0.25, -0.2) is 0 Å². The van der Waals surface area contributed by atoms with Crippen molar-refractivity contribution in [3.8, 4) is 0 Å². The van der Waals surface area contributed by atoms with Crippen LogP contribution in [0.25, 0.3) is 6.08 Å². The van der Waals surface area contributed by atoms with Crippen LogP contribution in [0, 0.1) is 6.92 Å². The predicted molar refractivity (Wildman–Crippen MR) is 65.3 cm³/mol. The largest absolute Gasteiger partial charge is 0.386 e. The number of β-amino-alcohol motifs (C(OH)–C–C–N with tert-alkyl or cyclic N) is 1. The highest BCUT2D eigenvalue weighted by atomic mass is 32.1. The van der Waals surface area contributed by atoms with Crippen LogP contribution >= 0.6 is 11.3 Å². The van der Waals surface area contributed by atoms with Crippen LogP contribution in [0.15, 0.2) is 18.2 Å². The number of carbonyl (C=O) groups excluding carboxylic acids is 1. The highest BCUT2D eigenvalue weighted by Crippen LogP contribution is 2.21. The van der Waals surface area contributed by atoms with E-state index in [-0.39, 0.29) is 5.91 Å². The van der Waals surface area contributed by atoms with Gasteiger partial charge in [-0.15, -0.1) is 11.3 Å². The lowest BCUT2D eigenvalue weighted by Gasteiger charge is -2.43.